The molecule has 0 saturated heterocycles. The Bertz CT molecular complexity index is 836. The van der Waals surface area contributed by atoms with Crippen LogP contribution in [0.15, 0.2) is 59.5 Å². The topological polar surface area (TPSA) is 51.3 Å². The molecule has 0 bridgehead atoms. The van der Waals surface area contributed by atoms with Gasteiger partial charge in [-0.15, -0.1) is 0 Å². The summed E-state index contributed by atoms with van der Waals surface area (Å²) < 4.78 is 7.23. The van der Waals surface area contributed by atoms with E-state index in [1.54, 1.807) is 18.5 Å². The molecule has 2 aromatic heterocycles. The van der Waals surface area contributed by atoms with Crippen molar-refractivity contribution in [3.05, 3.63) is 71.9 Å². The predicted octanol–water partition coefficient (Wildman–Crippen LogP) is 3.23. The molecule has 0 unspecified atom stereocenters. The maximum Gasteiger partial charge on any atom is 0.261 e. The van der Waals surface area contributed by atoms with Crippen molar-refractivity contribution in [2.75, 3.05) is 11.4 Å². The largest absolute Gasteiger partial charge is 0.469 e. The lowest BCUT2D eigenvalue weighted by Gasteiger charge is -2.34. The fourth-order valence-electron chi connectivity index (χ4n) is 3.19. The minimum atomic E-state index is -0.0273. The van der Waals surface area contributed by atoms with E-state index in [2.05, 4.69) is 11.2 Å². The first-order valence-electron chi connectivity index (χ1n) is 7.67. The second kappa shape index (κ2) is 5.43. The summed E-state index contributed by atoms with van der Waals surface area (Å²) in [6.45, 7) is 2.41. The zero-order chi connectivity index (χ0) is 15.8. The number of aromatic nitrogens is 2. The molecule has 0 N–H and O–H groups in total. The smallest absolute Gasteiger partial charge is 0.261 e. The van der Waals surface area contributed by atoms with E-state index >= 15 is 0 Å². The minimum Gasteiger partial charge on any atom is -0.469 e. The number of hydrogen-bond acceptors (Lipinski definition) is 3. The van der Waals surface area contributed by atoms with Crippen LogP contribution in [-0.2, 0) is 6.42 Å². The summed E-state index contributed by atoms with van der Waals surface area (Å²) in [6, 6.07) is 11.8. The highest BCUT2D eigenvalue weighted by atomic mass is 16.3. The lowest BCUT2D eigenvalue weighted by molar-refractivity contribution is 0.0978. The van der Waals surface area contributed by atoms with Crippen LogP contribution in [0.3, 0.4) is 0 Å². The van der Waals surface area contributed by atoms with Crippen LogP contribution in [0.5, 0.6) is 0 Å². The van der Waals surface area contributed by atoms with Crippen LogP contribution in [0.1, 0.15) is 27.7 Å². The van der Waals surface area contributed by atoms with Crippen LogP contribution >= 0.6 is 0 Å². The van der Waals surface area contributed by atoms with Crippen molar-refractivity contribution in [1.29, 1.82) is 0 Å². The first-order valence-corrected chi connectivity index (χ1v) is 7.67. The number of fused-ring (bicyclic) bond motifs is 1. The van der Waals surface area contributed by atoms with Crippen molar-refractivity contribution in [3.8, 4) is 0 Å². The van der Waals surface area contributed by atoms with E-state index in [9.17, 15) is 4.79 Å². The molecular weight excluding hydrogens is 290 g/mol. The van der Waals surface area contributed by atoms with Gasteiger partial charge < -0.3 is 9.32 Å². The number of anilines is 1. The van der Waals surface area contributed by atoms with E-state index in [1.165, 1.54) is 0 Å². The average molecular weight is 307 g/mol. The average Bonchev–Trinajstić information content (AvgIpc) is 3.24. The Balaban J connectivity index is 1.75. The van der Waals surface area contributed by atoms with E-state index in [4.69, 9.17) is 4.42 Å². The third-order valence-electron chi connectivity index (χ3n) is 4.36. The number of para-hydroxylation sites is 1. The Kier molecular flexibility index (Phi) is 3.26. The SMILES string of the molecule is Cc1occc1C(=O)N1C[C@H](n2cccn2)Cc2ccccc21. The Morgan fingerprint density at radius 2 is 2.13 bits per heavy atom. The number of amides is 1. The Morgan fingerprint density at radius 1 is 1.26 bits per heavy atom. The van der Waals surface area contributed by atoms with Crippen LogP contribution in [0.2, 0.25) is 0 Å². The summed E-state index contributed by atoms with van der Waals surface area (Å²) >= 11 is 0. The molecule has 0 saturated carbocycles. The van der Waals surface area contributed by atoms with Gasteiger partial charge >= 0.3 is 0 Å². The first kappa shape index (κ1) is 13.8. The van der Waals surface area contributed by atoms with Crippen molar-refractivity contribution >= 4 is 11.6 Å². The van der Waals surface area contributed by atoms with Crippen LogP contribution in [0.4, 0.5) is 5.69 Å². The molecule has 1 aromatic carbocycles. The van der Waals surface area contributed by atoms with Gasteiger partial charge in [0.2, 0.25) is 0 Å². The Morgan fingerprint density at radius 3 is 2.87 bits per heavy atom. The Hall–Kier alpha value is -2.82. The predicted molar refractivity (Wildman–Crippen MR) is 86.5 cm³/mol. The van der Waals surface area contributed by atoms with E-state index < -0.39 is 0 Å². The van der Waals surface area contributed by atoms with Crippen LogP contribution in [0.25, 0.3) is 0 Å². The molecule has 1 atom stereocenters. The molecule has 3 heterocycles. The van der Waals surface area contributed by atoms with Gasteiger partial charge in [0.25, 0.3) is 5.91 Å². The Labute approximate surface area is 134 Å². The molecule has 0 aliphatic carbocycles. The standard InChI is InChI=1S/C18H17N3O2/c1-13-16(7-10-23-13)18(22)20-12-15(21-9-4-8-19-21)11-14-5-2-3-6-17(14)20/h2-10,15H,11-12H2,1H3/t15-/m1/s1. The third kappa shape index (κ3) is 2.34. The maximum atomic E-state index is 13.0. The van der Waals surface area contributed by atoms with Gasteiger partial charge in [-0.3, -0.25) is 9.48 Å². The van der Waals surface area contributed by atoms with Crippen molar-refractivity contribution < 1.29 is 9.21 Å². The minimum absolute atomic E-state index is 0.0273. The molecule has 1 aliphatic rings. The fraction of sp³-hybridized carbons (Fsp3) is 0.222. The molecule has 3 aromatic rings. The molecule has 5 nitrogen and oxygen atoms in total. The molecule has 4 rings (SSSR count). The van der Waals surface area contributed by atoms with Crippen molar-refractivity contribution in [1.82, 2.24) is 9.78 Å². The second-order valence-corrected chi connectivity index (χ2v) is 5.78. The van der Waals surface area contributed by atoms with Crippen LogP contribution in [0, 0.1) is 6.92 Å². The number of carbonyl (C=O) groups excluding carboxylic acids is 1. The molecule has 0 radical (unpaired) electrons. The van der Waals surface area contributed by atoms with Gasteiger partial charge in [-0.25, -0.2) is 0 Å². The summed E-state index contributed by atoms with van der Waals surface area (Å²) in [5.41, 5.74) is 2.75. The van der Waals surface area contributed by atoms with E-state index in [-0.39, 0.29) is 11.9 Å². The summed E-state index contributed by atoms with van der Waals surface area (Å²) in [5, 5.41) is 4.35. The normalized spacial score (nSPS) is 17.1. The quantitative estimate of drug-likeness (QED) is 0.730. The van der Waals surface area contributed by atoms with E-state index in [0.29, 0.717) is 17.9 Å². The zero-order valence-electron chi connectivity index (χ0n) is 12.8. The van der Waals surface area contributed by atoms with Gasteiger partial charge in [0.15, 0.2) is 0 Å². The van der Waals surface area contributed by atoms with Gasteiger partial charge in [-0.2, -0.15) is 5.10 Å². The monoisotopic (exact) mass is 307 g/mol. The number of rotatable bonds is 2. The summed E-state index contributed by atoms with van der Waals surface area (Å²) in [7, 11) is 0. The van der Waals surface area contributed by atoms with Gasteiger partial charge in [-0.1, -0.05) is 18.2 Å². The first-order chi connectivity index (χ1) is 11.2. The molecule has 5 heteroatoms. The number of benzene rings is 1. The zero-order valence-corrected chi connectivity index (χ0v) is 12.8. The molecule has 1 aliphatic heterocycles. The van der Waals surface area contributed by atoms with Crippen molar-refractivity contribution in [3.63, 3.8) is 0 Å². The molecule has 0 fully saturated rings. The van der Waals surface area contributed by atoms with Crippen molar-refractivity contribution in [2.45, 2.75) is 19.4 Å². The molecule has 23 heavy (non-hydrogen) atoms. The molecular formula is C18H17N3O2. The number of carbonyl (C=O) groups is 1. The summed E-state index contributed by atoms with van der Waals surface area (Å²) in [4.78, 5) is 14.8. The summed E-state index contributed by atoms with van der Waals surface area (Å²) in [6.07, 6.45) is 6.15. The molecule has 116 valence electrons. The molecule has 0 spiro atoms. The number of aryl methyl sites for hydroxylation is 1. The van der Waals surface area contributed by atoms with E-state index in [0.717, 1.165) is 17.7 Å². The number of nitrogens with zero attached hydrogens (tertiary/aromatic N) is 3. The van der Waals surface area contributed by atoms with Crippen LogP contribution in [-0.4, -0.2) is 22.2 Å². The maximum absolute atomic E-state index is 13.0. The highest BCUT2D eigenvalue weighted by molar-refractivity contribution is 6.07. The number of hydrogen-bond donors (Lipinski definition) is 0. The lowest BCUT2D eigenvalue weighted by Crippen LogP contribution is -2.41. The second-order valence-electron chi connectivity index (χ2n) is 5.78. The number of furan rings is 1. The van der Waals surface area contributed by atoms with Gasteiger partial charge in [-0.05, 0) is 37.1 Å². The highest BCUT2D eigenvalue weighted by Crippen LogP contribution is 2.33. The van der Waals surface area contributed by atoms with Crippen molar-refractivity contribution in [2.24, 2.45) is 0 Å². The van der Waals surface area contributed by atoms with Crippen LogP contribution < -0.4 is 4.90 Å². The van der Waals surface area contributed by atoms with E-state index in [1.807, 2.05) is 47.0 Å². The van der Waals surface area contributed by atoms with Gasteiger partial charge in [0.05, 0.1) is 17.9 Å². The highest BCUT2D eigenvalue weighted by Gasteiger charge is 2.31. The molecule has 1 amide bonds. The summed E-state index contributed by atoms with van der Waals surface area (Å²) in [5.74, 6) is 0.620. The third-order valence-corrected chi connectivity index (χ3v) is 4.36. The van der Waals surface area contributed by atoms with Gasteiger partial charge in [0, 0.05) is 24.6 Å². The lowest BCUT2D eigenvalue weighted by atomic mass is 9.97. The van der Waals surface area contributed by atoms with Gasteiger partial charge in [0.1, 0.15) is 5.76 Å². The fourth-order valence-corrected chi connectivity index (χ4v) is 3.19.